The van der Waals surface area contributed by atoms with Crippen LogP contribution in [0.15, 0.2) is 16.9 Å². The van der Waals surface area contributed by atoms with E-state index in [0.29, 0.717) is 43.3 Å². The van der Waals surface area contributed by atoms with Crippen LogP contribution < -0.4 is 0 Å². The fourth-order valence-corrected chi connectivity index (χ4v) is 4.14. The van der Waals surface area contributed by atoms with E-state index in [9.17, 15) is 4.79 Å². The molecule has 7 nitrogen and oxygen atoms in total. The molecule has 148 valence electrons. The van der Waals surface area contributed by atoms with Crippen molar-refractivity contribution in [3.63, 3.8) is 0 Å². The third-order valence-corrected chi connectivity index (χ3v) is 6.82. The third-order valence-electron chi connectivity index (χ3n) is 4.53. The fourth-order valence-electron chi connectivity index (χ4n) is 2.89. The Hall–Kier alpha value is -1.29. The standard InChI is InChI=1S/C18H27BrN4O3Si/c1-27(2,3)10-9-26-13-23-16-11-15(20-12-14(16)17(19)21-23)18(24)22-5-4-7-25-8-6-22/h11-12H,4-10,13H2,1-3H3. The highest BCUT2D eigenvalue weighted by molar-refractivity contribution is 9.10. The van der Waals surface area contributed by atoms with Crippen LogP contribution in [0.1, 0.15) is 16.9 Å². The van der Waals surface area contributed by atoms with Gasteiger partial charge in [-0.05, 0) is 34.5 Å². The van der Waals surface area contributed by atoms with Gasteiger partial charge in [0.25, 0.3) is 5.91 Å². The van der Waals surface area contributed by atoms with E-state index in [2.05, 4.69) is 45.7 Å². The molecule has 0 spiro atoms. The minimum atomic E-state index is -1.13. The molecule has 1 aliphatic rings. The van der Waals surface area contributed by atoms with E-state index in [-0.39, 0.29) is 5.91 Å². The highest BCUT2D eigenvalue weighted by Gasteiger charge is 2.20. The van der Waals surface area contributed by atoms with E-state index < -0.39 is 8.07 Å². The van der Waals surface area contributed by atoms with Crippen LogP contribution in [-0.4, -0.2) is 66.6 Å². The minimum Gasteiger partial charge on any atom is -0.380 e. The van der Waals surface area contributed by atoms with Crippen molar-refractivity contribution in [1.82, 2.24) is 19.7 Å². The minimum absolute atomic E-state index is 0.0640. The molecule has 1 saturated heterocycles. The van der Waals surface area contributed by atoms with Crippen molar-refractivity contribution in [2.75, 3.05) is 32.9 Å². The van der Waals surface area contributed by atoms with E-state index in [1.807, 2.05) is 6.07 Å². The lowest BCUT2D eigenvalue weighted by molar-refractivity contribution is 0.0734. The molecule has 0 N–H and O–H groups in total. The number of hydrogen-bond acceptors (Lipinski definition) is 5. The lowest BCUT2D eigenvalue weighted by atomic mass is 10.2. The number of fused-ring (bicyclic) bond motifs is 1. The molecule has 0 bridgehead atoms. The van der Waals surface area contributed by atoms with Crippen LogP contribution in [0.4, 0.5) is 0 Å². The van der Waals surface area contributed by atoms with Crippen LogP contribution in [0.25, 0.3) is 10.9 Å². The first-order chi connectivity index (χ1) is 12.8. The summed E-state index contributed by atoms with van der Waals surface area (Å²) in [7, 11) is -1.13. The number of halogens is 1. The Morgan fingerprint density at radius 2 is 2.15 bits per heavy atom. The zero-order chi connectivity index (χ0) is 19.4. The zero-order valence-corrected chi connectivity index (χ0v) is 18.8. The SMILES string of the molecule is C[Si](C)(C)CCOCn1nc(Br)c2cnc(C(=O)N3CCCOCC3)cc21. The van der Waals surface area contributed by atoms with Crippen LogP contribution in [0.5, 0.6) is 0 Å². The predicted molar refractivity (Wildman–Crippen MR) is 111 cm³/mol. The summed E-state index contributed by atoms with van der Waals surface area (Å²) >= 11 is 3.47. The zero-order valence-electron chi connectivity index (χ0n) is 16.2. The van der Waals surface area contributed by atoms with Crippen molar-refractivity contribution < 1.29 is 14.3 Å². The van der Waals surface area contributed by atoms with Crippen molar-refractivity contribution in [3.05, 3.63) is 22.6 Å². The number of hydrogen-bond donors (Lipinski definition) is 0. The topological polar surface area (TPSA) is 69.5 Å². The monoisotopic (exact) mass is 454 g/mol. The van der Waals surface area contributed by atoms with E-state index in [0.717, 1.165) is 30.0 Å². The van der Waals surface area contributed by atoms with Crippen LogP contribution >= 0.6 is 15.9 Å². The molecular weight excluding hydrogens is 428 g/mol. The molecule has 0 atom stereocenters. The van der Waals surface area contributed by atoms with Gasteiger partial charge in [-0.3, -0.25) is 9.78 Å². The van der Waals surface area contributed by atoms with Gasteiger partial charge in [-0.1, -0.05) is 19.6 Å². The smallest absolute Gasteiger partial charge is 0.272 e. The number of amides is 1. The molecule has 1 aliphatic heterocycles. The summed E-state index contributed by atoms with van der Waals surface area (Å²) in [4.78, 5) is 19.0. The van der Waals surface area contributed by atoms with Gasteiger partial charge in [0.1, 0.15) is 17.0 Å². The van der Waals surface area contributed by atoms with Crippen molar-refractivity contribution >= 4 is 40.8 Å². The second-order valence-electron chi connectivity index (χ2n) is 7.98. The first kappa shape index (κ1) is 20.4. The lowest BCUT2D eigenvalue weighted by Gasteiger charge is -2.19. The molecule has 0 aliphatic carbocycles. The molecule has 3 rings (SSSR count). The van der Waals surface area contributed by atoms with Crippen LogP contribution in [0.3, 0.4) is 0 Å². The second kappa shape index (κ2) is 8.81. The van der Waals surface area contributed by atoms with E-state index in [1.54, 1.807) is 15.8 Å². The Morgan fingerprint density at radius 1 is 1.33 bits per heavy atom. The lowest BCUT2D eigenvalue weighted by Crippen LogP contribution is -2.33. The Labute approximate surface area is 169 Å². The van der Waals surface area contributed by atoms with E-state index in [1.165, 1.54) is 0 Å². The number of nitrogens with zero attached hydrogens (tertiary/aromatic N) is 4. The van der Waals surface area contributed by atoms with Crippen molar-refractivity contribution in [2.24, 2.45) is 0 Å². The average Bonchev–Trinajstić information content (AvgIpc) is 2.80. The fraction of sp³-hybridized carbons (Fsp3) is 0.611. The highest BCUT2D eigenvalue weighted by atomic mass is 79.9. The van der Waals surface area contributed by atoms with Gasteiger partial charge in [0.05, 0.1) is 17.5 Å². The van der Waals surface area contributed by atoms with Gasteiger partial charge in [0, 0.05) is 40.6 Å². The van der Waals surface area contributed by atoms with Crippen molar-refractivity contribution in [1.29, 1.82) is 0 Å². The molecular formula is C18H27BrN4O3Si. The molecule has 2 aromatic heterocycles. The summed E-state index contributed by atoms with van der Waals surface area (Å²) in [5.41, 5.74) is 1.28. The summed E-state index contributed by atoms with van der Waals surface area (Å²) in [6, 6.07) is 2.92. The molecule has 2 aromatic rings. The van der Waals surface area contributed by atoms with E-state index >= 15 is 0 Å². The molecule has 27 heavy (non-hydrogen) atoms. The molecule has 0 radical (unpaired) electrons. The van der Waals surface area contributed by atoms with Crippen LogP contribution in [-0.2, 0) is 16.2 Å². The Balaban J connectivity index is 1.76. The van der Waals surface area contributed by atoms with Crippen molar-refractivity contribution in [2.45, 2.75) is 38.8 Å². The first-order valence-corrected chi connectivity index (χ1v) is 13.8. The van der Waals surface area contributed by atoms with Gasteiger partial charge in [0.15, 0.2) is 0 Å². The van der Waals surface area contributed by atoms with E-state index in [4.69, 9.17) is 9.47 Å². The second-order valence-corrected chi connectivity index (χ2v) is 14.4. The number of pyridine rings is 1. The molecule has 0 unspecified atom stereocenters. The summed E-state index contributed by atoms with van der Waals surface area (Å²) in [5, 5.41) is 5.36. The Bertz CT molecular complexity index is 798. The predicted octanol–water partition coefficient (Wildman–Crippen LogP) is 3.37. The van der Waals surface area contributed by atoms with Crippen molar-refractivity contribution in [3.8, 4) is 0 Å². The molecule has 0 saturated carbocycles. The molecule has 9 heteroatoms. The van der Waals surface area contributed by atoms with Gasteiger partial charge < -0.3 is 14.4 Å². The maximum absolute atomic E-state index is 12.8. The van der Waals surface area contributed by atoms with Crippen LogP contribution in [0.2, 0.25) is 25.7 Å². The van der Waals surface area contributed by atoms with Gasteiger partial charge in [-0.15, -0.1) is 0 Å². The van der Waals surface area contributed by atoms with Gasteiger partial charge in [-0.25, -0.2) is 4.68 Å². The number of ether oxygens (including phenoxy) is 2. The highest BCUT2D eigenvalue weighted by Crippen LogP contribution is 2.24. The largest absolute Gasteiger partial charge is 0.380 e. The first-order valence-electron chi connectivity index (χ1n) is 9.32. The number of carbonyl (C=O) groups is 1. The quantitative estimate of drug-likeness (QED) is 0.494. The summed E-state index contributed by atoms with van der Waals surface area (Å²) in [6.07, 6.45) is 2.55. The number of carbonyl (C=O) groups excluding carboxylic acids is 1. The Kier molecular flexibility index (Phi) is 6.67. The maximum Gasteiger partial charge on any atom is 0.272 e. The van der Waals surface area contributed by atoms with Crippen LogP contribution in [0, 0.1) is 0 Å². The number of aromatic nitrogens is 3. The summed E-state index contributed by atoms with van der Waals surface area (Å²) in [6.45, 7) is 10.6. The molecule has 1 fully saturated rings. The summed E-state index contributed by atoms with van der Waals surface area (Å²) < 4.78 is 13.8. The normalized spacial score (nSPS) is 15.9. The summed E-state index contributed by atoms with van der Waals surface area (Å²) in [5.74, 6) is -0.0640. The molecule has 1 amide bonds. The Morgan fingerprint density at radius 3 is 2.93 bits per heavy atom. The number of rotatable bonds is 6. The molecule has 0 aromatic carbocycles. The van der Waals surface area contributed by atoms with Gasteiger partial charge in [0.2, 0.25) is 0 Å². The van der Waals surface area contributed by atoms with Gasteiger partial charge >= 0.3 is 0 Å². The van der Waals surface area contributed by atoms with Gasteiger partial charge in [-0.2, -0.15) is 5.10 Å². The molecule has 3 heterocycles. The maximum atomic E-state index is 12.8. The third kappa shape index (κ3) is 5.37. The average molecular weight is 455 g/mol.